The highest BCUT2D eigenvalue weighted by Crippen LogP contribution is 2.27. The Hall–Kier alpha value is -1.89. The van der Waals surface area contributed by atoms with Crippen molar-refractivity contribution in [2.45, 2.75) is 32.1 Å². The van der Waals surface area contributed by atoms with E-state index in [4.69, 9.17) is 4.74 Å². The number of ether oxygens (including phenoxy) is 1. The quantitative estimate of drug-likeness (QED) is 0.833. The molecule has 1 amide bonds. The summed E-state index contributed by atoms with van der Waals surface area (Å²) in [5, 5.41) is 2.76. The second kappa shape index (κ2) is 6.70. The minimum Gasteiger partial charge on any atom is -0.465 e. The average Bonchev–Trinajstić information content (AvgIpc) is 2.83. The molecule has 0 radical (unpaired) electrons. The molecule has 7 heteroatoms. The molecule has 0 bridgehead atoms. The third kappa shape index (κ3) is 3.24. The van der Waals surface area contributed by atoms with Gasteiger partial charge in [0.05, 0.1) is 18.4 Å². The summed E-state index contributed by atoms with van der Waals surface area (Å²) in [6.07, 6.45) is 1.97. The average molecular weight is 335 g/mol. The third-order valence-electron chi connectivity index (χ3n) is 4.03. The highest BCUT2D eigenvalue weighted by molar-refractivity contribution is 7.97. The van der Waals surface area contributed by atoms with Crippen LogP contribution in [-0.4, -0.2) is 41.6 Å². The third-order valence-corrected chi connectivity index (χ3v) is 4.62. The second-order valence-corrected chi connectivity index (χ2v) is 6.71. The van der Waals surface area contributed by atoms with Gasteiger partial charge in [-0.3, -0.25) is 4.79 Å². The molecule has 2 rings (SSSR count). The summed E-state index contributed by atoms with van der Waals surface area (Å²) in [4.78, 5) is 33.3. The van der Waals surface area contributed by atoms with E-state index in [1.54, 1.807) is 30.8 Å². The molecule has 2 heterocycles. The van der Waals surface area contributed by atoms with Crippen molar-refractivity contribution in [2.75, 3.05) is 13.4 Å². The Morgan fingerprint density at radius 2 is 2.13 bits per heavy atom. The minimum absolute atomic E-state index is 0.0240. The van der Waals surface area contributed by atoms with Crippen LogP contribution in [0.3, 0.4) is 0 Å². The fourth-order valence-corrected chi connectivity index (χ4v) is 2.69. The van der Waals surface area contributed by atoms with Crippen molar-refractivity contribution < 1.29 is 14.3 Å². The minimum atomic E-state index is -0.861. The lowest BCUT2D eigenvalue weighted by molar-refractivity contribution is -0.124. The normalized spacial score (nSPS) is 20.4. The first-order valence-corrected chi connectivity index (χ1v) is 8.71. The van der Waals surface area contributed by atoms with Crippen LogP contribution >= 0.6 is 11.8 Å². The van der Waals surface area contributed by atoms with E-state index in [2.05, 4.69) is 15.3 Å². The van der Waals surface area contributed by atoms with Crippen LogP contribution in [0.25, 0.3) is 0 Å². The summed E-state index contributed by atoms with van der Waals surface area (Å²) in [7, 11) is 1.31. The zero-order valence-electron chi connectivity index (χ0n) is 14.0. The molecule has 0 saturated carbocycles. The molecule has 23 heavy (non-hydrogen) atoms. The van der Waals surface area contributed by atoms with E-state index >= 15 is 0 Å². The highest BCUT2D eigenvalue weighted by Gasteiger charge is 2.43. The molecule has 1 aromatic heterocycles. The molecule has 0 saturated heterocycles. The van der Waals surface area contributed by atoms with Gasteiger partial charge in [-0.05, 0) is 31.2 Å². The van der Waals surface area contributed by atoms with Crippen LogP contribution in [0, 0.1) is 5.92 Å². The lowest BCUT2D eigenvalue weighted by Gasteiger charge is -2.21. The standard InChI is InChI=1S/C16H21N3O3S/c1-9(2)16(3)15(21)18-13(19-16)12-11(14(20)22-4)7-6-10(17-12)8-23-5/h6-7,9H,8H2,1-5H3,(H,18,19,21). The number of amidine groups is 1. The van der Waals surface area contributed by atoms with E-state index in [-0.39, 0.29) is 11.8 Å². The van der Waals surface area contributed by atoms with Crippen molar-refractivity contribution in [3.63, 3.8) is 0 Å². The molecule has 0 fully saturated rings. The number of nitrogens with zero attached hydrogens (tertiary/aromatic N) is 2. The summed E-state index contributed by atoms with van der Waals surface area (Å²) in [6, 6.07) is 3.45. The first-order valence-electron chi connectivity index (χ1n) is 7.32. The fourth-order valence-electron chi connectivity index (χ4n) is 2.23. The van der Waals surface area contributed by atoms with Gasteiger partial charge in [0.2, 0.25) is 0 Å². The predicted molar refractivity (Wildman–Crippen MR) is 90.7 cm³/mol. The molecule has 1 aromatic rings. The van der Waals surface area contributed by atoms with Gasteiger partial charge in [-0.2, -0.15) is 11.8 Å². The Bertz CT molecular complexity index is 673. The van der Waals surface area contributed by atoms with Gasteiger partial charge in [-0.1, -0.05) is 13.8 Å². The van der Waals surface area contributed by atoms with Crippen molar-refractivity contribution in [3.8, 4) is 0 Å². The molecule has 0 aliphatic carbocycles. The van der Waals surface area contributed by atoms with Gasteiger partial charge in [0.25, 0.3) is 5.91 Å². The Labute approximate surface area is 140 Å². The van der Waals surface area contributed by atoms with E-state index in [1.807, 2.05) is 20.1 Å². The first-order chi connectivity index (χ1) is 10.8. The van der Waals surface area contributed by atoms with Gasteiger partial charge < -0.3 is 10.1 Å². The van der Waals surface area contributed by atoms with Crippen molar-refractivity contribution in [1.29, 1.82) is 0 Å². The zero-order valence-corrected chi connectivity index (χ0v) is 14.8. The number of pyridine rings is 1. The smallest absolute Gasteiger partial charge is 0.340 e. The van der Waals surface area contributed by atoms with E-state index in [0.29, 0.717) is 22.8 Å². The van der Waals surface area contributed by atoms with Crippen molar-refractivity contribution in [2.24, 2.45) is 10.9 Å². The summed E-state index contributed by atoms with van der Waals surface area (Å²) in [5.74, 6) is 0.371. The number of methoxy groups -OCH3 is 1. The maximum atomic E-state index is 12.3. The maximum absolute atomic E-state index is 12.3. The van der Waals surface area contributed by atoms with Crippen LogP contribution in [0.15, 0.2) is 17.1 Å². The van der Waals surface area contributed by atoms with Crippen LogP contribution in [0.1, 0.15) is 42.5 Å². The van der Waals surface area contributed by atoms with E-state index in [0.717, 1.165) is 5.69 Å². The van der Waals surface area contributed by atoms with E-state index in [9.17, 15) is 9.59 Å². The number of rotatable bonds is 5. The van der Waals surface area contributed by atoms with Crippen LogP contribution in [0.4, 0.5) is 0 Å². The molecular formula is C16H21N3O3S. The Kier molecular flexibility index (Phi) is 5.09. The molecule has 1 unspecified atom stereocenters. The zero-order chi connectivity index (χ0) is 17.2. The van der Waals surface area contributed by atoms with Crippen LogP contribution in [-0.2, 0) is 15.3 Å². The summed E-state index contributed by atoms with van der Waals surface area (Å²) >= 11 is 1.63. The number of aromatic nitrogens is 1. The van der Waals surface area contributed by atoms with Crippen LogP contribution < -0.4 is 5.32 Å². The Morgan fingerprint density at radius 1 is 1.43 bits per heavy atom. The SMILES string of the molecule is COC(=O)c1ccc(CSC)nc1C1=NC(C)(C(C)C)C(=O)N1. The lowest BCUT2D eigenvalue weighted by Crippen LogP contribution is -2.41. The largest absolute Gasteiger partial charge is 0.465 e. The summed E-state index contributed by atoms with van der Waals surface area (Å²) in [5.41, 5.74) is 0.612. The van der Waals surface area contributed by atoms with Gasteiger partial charge in [0.1, 0.15) is 11.2 Å². The lowest BCUT2D eigenvalue weighted by atomic mass is 9.89. The fraction of sp³-hybridized carbons (Fsp3) is 0.500. The van der Waals surface area contributed by atoms with Crippen molar-refractivity contribution >= 4 is 29.5 Å². The highest BCUT2D eigenvalue weighted by atomic mass is 32.2. The summed E-state index contributed by atoms with van der Waals surface area (Å²) in [6.45, 7) is 5.65. The molecule has 0 spiro atoms. The van der Waals surface area contributed by atoms with Crippen molar-refractivity contribution in [3.05, 3.63) is 29.1 Å². The number of carbonyl (C=O) groups excluding carboxylic acids is 2. The van der Waals surface area contributed by atoms with Crippen LogP contribution in [0.5, 0.6) is 0 Å². The molecule has 1 aliphatic rings. The second-order valence-electron chi connectivity index (χ2n) is 5.84. The number of thioether (sulfide) groups is 1. The number of amides is 1. The molecule has 0 aromatic carbocycles. The first kappa shape index (κ1) is 17.5. The van der Waals surface area contributed by atoms with Gasteiger partial charge in [0, 0.05) is 5.75 Å². The van der Waals surface area contributed by atoms with Crippen LogP contribution in [0.2, 0.25) is 0 Å². The number of hydrogen-bond donors (Lipinski definition) is 1. The number of esters is 1. The number of hydrogen-bond acceptors (Lipinski definition) is 6. The predicted octanol–water partition coefficient (Wildman–Crippen LogP) is 2.02. The topological polar surface area (TPSA) is 80.7 Å². The van der Waals surface area contributed by atoms with Gasteiger partial charge >= 0.3 is 5.97 Å². The Balaban J connectivity index is 2.54. The molecule has 1 aliphatic heterocycles. The molecule has 1 N–H and O–H groups in total. The number of nitrogens with one attached hydrogen (secondary N) is 1. The Morgan fingerprint density at radius 3 is 2.65 bits per heavy atom. The van der Waals surface area contributed by atoms with Gasteiger partial charge in [-0.15, -0.1) is 0 Å². The molecule has 6 nitrogen and oxygen atoms in total. The number of aliphatic imine (C=N–C) groups is 1. The molecule has 1 atom stereocenters. The molecular weight excluding hydrogens is 314 g/mol. The molecule has 124 valence electrons. The van der Waals surface area contributed by atoms with E-state index in [1.165, 1.54) is 7.11 Å². The monoisotopic (exact) mass is 335 g/mol. The maximum Gasteiger partial charge on any atom is 0.340 e. The van der Waals surface area contributed by atoms with E-state index < -0.39 is 11.5 Å². The van der Waals surface area contributed by atoms with Gasteiger partial charge in [0.15, 0.2) is 5.84 Å². The summed E-state index contributed by atoms with van der Waals surface area (Å²) < 4.78 is 4.81. The number of carbonyl (C=O) groups is 2. The van der Waals surface area contributed by atoms with Gasteiger partial charge in [-0.25, -0.2) is 14.8 Å². The van der Waals surface area contributed by atoms with Crippen molar-refractivity contribution in [1.82, 2.24) is 10.3 Å².